The van der Waals surface area contributed by atoms with Crippen molar-refractivity contribution in [2.24, 2.45) is 0 Å². The van der Waals surface area contributed by atoms with Crippen molar-refractivity contribution >= 4 is 40.4 Å². The summed E-state index contributed by atoms with van der Waals surface area (Å²) in [7, 11) is 0. The number of fused-ring (bicyclic) bond motifs is 1. The van der Waals surface area contributed by atoms with Gasteiger partial charge in [0.2, 0.25) is 5.91 Å². The van der Waals surface area contributed by atoms with Gasteiger partial charge in [0.25, 0.3) is 0 Å². The van der Waals surface area contributed by atoms with E-state index in [0.29, 0.717) is 22.0 Å². The monoisotopic (exact) mass is 548 g/mol. The van der Waals surface area contributed by atoms with E-state index < -0.39 is 17.8 Å². The van der Waals surface area contributed by atoms with Gasteiger partial charge in [0.05, 0.1) is 21.6 Å². The zero-order valence-corrected chi connectivity index (χ0v) is 20.8. The summed E-state index contributed by atoms with van der Waals surface area (Å²) in [5.41, 5.74) is 1.01. The van der Waals surface area contributed by atoms with Gasteiger partial charge in [0.1, 0.15) is 0 Å². The Labute approximate surface area is 218 Å². The minimum atomic E-state index is -4.72. The number of thiophene rings is 1. The molecule has 0 radical (unpaired) electrons. The SMILES string of the molecule is C=CC(=O)N1Cc2sc(Cl)cc2[C@H](c2ccccc2-c2cn(-c3ccncc3Cl)nc2C(F)(F)F)C1. The van der Waals surface area contributed by atoms with Crippen molar-refractivity contribution in [1.29, 1.82) is 0 Å². The van der Waals surface area contributed by atoms with Crippen molar-refractivity contribution in [1.82, 2.24) is 19.7 Å². The minimum absolute atomic E-state index is 0.0963. The van der Waals surface area contributed by atoms with E-state index in [4.69, 9.17) is 23.2 Å². The molecule has 36 heavy (non-hydrogen) atoms. The molecule has 1 aliphatic heterocycles. The average molecular weight is 549 g/mol. The highest BCUT2D eigenvalue weighted by atomic mass is 35.5. The van der Waals surface area contributed by atoms with Crippen molar-refractivity contribution in [3.8, 4) is 16.8 Å². The average Bonchev–Trinajstić information content (AvgIpc) is 3.46. The van der Waals surface area contributed by atoms with Gasteiger partial charge in [-0.1, -0.05) is 54.0 Å². The summed E-state index contributed by atoms with van der Waals surface area (Å²) >= 11 is 13.9. The third-order valence-electron chi connectivity index (χ3n) is 6.02. The Bertz CT molecular complexity index is 1480. The van der Waals surface area contributed by atoms with Crippen LogP contribution < -0.4 is 0 Å². The van der Waals surface area contributed by atoms with Gasteiger partial charge in [-0.25, -0.2) is 4.68 Å². The largest absolute Gasteiger partial charge is 0.435 e. The summed E-state index contributed by atoms with van der Waals surface area (Å²) < 4.78 is 44.2. The van der Waals surface area contributed by atoms with Crippen LogP contribution in [0.3, 0.4) is 0 Å². The topological polar surface area (TPSA) is 51.0 Å². The number of carbonyl (C=O) groups is 1. The van der Waals surface area contributed by atoms with E-state index in [1.165, 1.54) is 42.1 Å². The molecule has 1 aromatic carbocycles. The van der Waals surface area contributed by atoms with Crippen LogP contribution in [0.2, 0.25) is 9.36 Å². The van der Waals surface area contributed by atoms with Crippen molar-refractivity contribution in [2.45, 2.75) is 18.6 Å². The van der Waals surface area contributed by atoms with E-state index >= 15 is 0 Å². The summed E-state index contributed by atoms with van der Waals surface area (Å²) in [4.78, 5) is 18.9. The fourth-order valence-electron chi connectivity index (χ4n) is 4.45. The number of halogens is 5. The maximum Gasteiger partial charge on any atom is 0.435 e. The molecule has 184 valence electrons. The molecule has 0 N–H and O–H groups in total. The number of hydrogen-bond donors (Lipinski definition) is 0. The lowest BCUT2D eigenvalue weighted by molar-refractivity contribution is -0.140. The molecule has 0 aliphatic carbocycles. The zero-order chi connectivity index (χ0) is 25.6. The molecule has 5 rings (SSSR count). The Kier molecular flexibility index (Phi) is 6.40. The number of carbonyl (C=O) groups excluding carboxylic acids is 1. The van der Waals surface area contributed by atoms with Crippen LogP contribution in [0.25, 0.3) is 16.8 Å². The first kappa shape index (κ1) is 24.5. The predicted molar refractivity (Wildman–Crippen MR) is 134 cm³/mol. The normalized spacial score (nSPS) is 15.6. The number of aromatic nitrogens is 3. The van der Waals surface area contributed by atoms with E-state index in [9.17, 15) is 18.0 Å². The van der Waals surface area contributed by atoms with E-state index in [-0.39, 0.29) is 28.7 Å². The van der Waals surface area contributed by atoms with Crippen molar-refractivity contribution < 1.29 is 18.0 Å². The molecule has 5 nitrogen and oxygen atoms in total. The maximum absolute atomic E-state index is 14.2. The second-order valence-electron chi connectivity index (χ2n) is 8.15. The summed E-state index contributed by atoms with van der Waals surface area (Å²) in [6.45, 7) is 4.21. The van der Waals surface area contributed by atoms with Gasteiger partial charge >= 0.3 is 6.18 Å². The molecule has 0 fully saturated rings. The van der Waals surface area contributed by atoms with Crippen molar-refractivity contribution in [2.75, 3.05) is 6.54 Å². The number of hydrogen-bond acceptors (Lipinski definition) is 4. The number of nitrogens with zero attached hydrogens (tertiary/aromatic N) is 4. The van der Waals surface area contributed by atoms with Crippen LogP contribution in [0, 0.1) is 0 Å². The van der Waals surface area contributed by atoms with Gasteiger partial charge in [0, 0.05) is 41.5 Å². The second-order valence-corrected chi connectivity index (χ2v) is 10.3. The van der Waals surface area contributed by atoms with E-state index in [1.807, 2.05) is 6.07 Å². The predicted octanol–water partition coefficient (Wildman–Crippen LogP) is 6.98. The third-order valence-corrected chi connectivity index (χ3v) is 7.57. The van der Waals surface area contributed by atoms with E-state index in [0.717, 1.165) is 15.1 Å². The van der Waals surface area contributed by atoms with Gasteiger partial charge in [-0.3, -0.25) is 9.78 Å². The van der Waals surface area contributed by atoms with Gasteiger partial charge < -0.3 is 4.90 Å². The molecule has 0 bridgehead atoms. The minimum Gasteiger partial charge on any atom is -0.333 e. The highest BCUT2D eigenvalue weighted by Gasteiger charge is 2.39. The Hall–Kier alpha value is -3.14. The summed E-state index contributed by atoms with van der Waals surface area (Å²) in [6, 6.07) is 10.1. The van der Waals surface area contributed by atoms with Gasteiger partial charge in [0.15, 0.2) is 5.69 Å². The Morgan fingerprint density at radius 1 is 1.17 bits per heavy atom. The number of rotatable bonds is 4. The molecular formula is C25H17Cl2F3N4OS. The van der Waals surface area contributed by atoms with Crippen LogP contribution in [0.5, 0.6) is 0 Å². The lowest BCUT2D eigenvalue weighted by Crippen LogP contribution is -2.37. The molecule has 3 aromatic heterocycles. The Morgan fingerprint density at radius 2 is 1.94 bits per heavy atom. The fraction of sp³-hybridized carbons (Fsp3) is 0.160. The first-order valence-electron chi connectivity index (χ1n) is 10.7. The molecule has 0 saturated carbocycles. The maximum atomic E-state index is 14.2. The number of pyridine rings is 1. The summed E-state index contributed by atoms with van der Waals surface area (Å²) in [5, 5.41) is 4.03. The lowest BCUT2D eigenvalue weighted by atomic mass is 9.84. The zero-order valence-electron chi connectivity index (χ0n) is 18.5. The molecule has 4 aromatic rings. The molecule has 1 atom stereocenters. The standard InChI is InChI=1S/C25H17Cl2F3N4OS/c1-2-23(35)33-11-17(16-9-22(27)36-21(16)13-33)14-5-3-4-6-15(14)18-12-34(32-24(18)25(28,29)30)20-7-8-31-10-19(20)26/h2-10,12,17H,1,11,13H2/t17-/m0/s1. The smallest absolute Gasteiger partial charge is 0.333 e. The van der Waals surface area contributed by atoms with Gasteiger partial charge in [-0.2, -0.15) is 18.3 Å². The Balaban J connectivity index is 1.70. The quantitative estimate of drug-likeness (QED) is 0.258. The van der Waals surface area contributed by atoms with Crippen LogP contribution in [0.1, 0.15) is 27.6 Å². The van der Waals surface area contributed by atoms with Crippen LogP contribution in [0.4, 0.5) is 13.2 Å². The first-order chi connectivity index (χ1) is 17.2. The highest BCUT2D eigenvalue weighted by Crippen LogP contribution is 2.45. The van der Waals surface area contributed by atoms with E-state index in [2.05, 4.69) is 16.7 Å². The number of benzene rings is 1. The third kappa shape index (κ3) is 4.42. The molecule has 0 spiro atoms. The summed E-state index contributed by atoms with van der Waals surface area (Å²) in [6.07, 6.45) is 0.599. The van der Waals surface area contributed by atoms with Crippen molar-refractivity contribution in [3.63, 3.8) is 0 Å². The summed E-state index contributed by atoms with van der Waals surface area (Å²) in [5.74, 6) is -0.657. The van der Waals surface area contributed by atoms with Gasteiger partial charge in [-0.05, 0) is 34.9 Å². The van der Waals surface area contributed by atoms with Crippen LogP contribution in [0.15, 0.2) is 67.6 Å². The molecular weight excluding hydrogens is 532 g/mol. The van der Waals surface area contributed by atoms with Crippen LogP contribution in [-0.2, 0) is 17.5 Å². The molecule has 1 aliphatic rings. The Morgan fingerprint density at radius 3 is 2.67 bits per heavy atom. The van der Waals surface area contributed by atoms with Crippen LogP contribution in [-0.4, -0.2) is 32.1 Å². The van der Waals surface area contributed by atoms with E-state index in [1.54, 1.807) is 29.2 Å². The van der Waals surface area contributed by atoms with Crippen LogP contribution >= 0.6 is 34.5 Å². The molecule has 0 unspecified atom stereocenters. The number of alkyl halides is 3. The molecule has 0 saturated heterocycles. The second kappa shape index (κ2) is 9.38. The van der Waals surface area contributed by atoms with Gasteiger partial charge in [-0.15, -0.1) is 11.3 Å². The fourth-order valence-corrected chi connectivity index (χ4v) is 6.01. The lowest BCUT2D eigenvalue weighted by Gasteiger charge is -2.33. The number of amides is 1. The molecule has 4 heterocycles. The highest BCUT2D eigenvalue weighted by molar-refractivity contribution is 7.16. The molecule has 11 heteroatoms. The first-order valence-corrected chi connectivity index (χ1v) is 12.3. The van der Waals surface area contributed by atoms with Crippen molar-refractivity contribution in [3.05, 3.63) is 98.7 Å². The molecule has 1 amide bonds.